The van der Waals surface area contributed by atoms with Crippen LogP contribution in [0.4, 0.5) is 0 Å². The van der Waals surface area contributed by atoms with E-state index in [1.807, 2.05) is 42.5 Å². The molecule has 0 aliphatic rings. The van der Waals surface area contributed by atoms with Gasteiger partial charge in [0.2, 0.25) is 0 Å². The molecule has 1 atom stereocenters. The summed E-state index contributed by atoms with van der Waals surface area (Å²) in [6.45, 7) is 0.905. The molecule has 2 nitrogen and oxygen atoms in total. The summed E-state index contributed by atoms with van der Waals surface area (Å²) in [5.74, 6) is 0. The van der Waals surface area contributed by atoms with Gasteiger partial charge in [0.05, 0.1) is 0 Å². The van der Waals surface area contributed by atoms with Gasteiger partial charge >= 0.3 is 0 Å². The monoisotopic (exact) mass is 275 g/mol. The molecule has 0 spiro atoms. The predicted molar refractivity (Wildman–Crippen MR) is 79.2 cm³/mol. The first kappa shape index (κ1) is 14.1. The first-order chi connectivity index (χ1) is 9.29. The summed E-state index contributed by atoms with van der Waals surface area (Å²) in [7, 11) is 0. The number of halogens is 1. The highest BCUT2D eigenvalue weighted by atomic mass is 35.5. The largest absolute Gasteiger partial charge is 0.396 e. The summed E-state index contributed by atoms with van der Waals surface area (Å²) in [4.78, 5) is 0. The van der Waals surface area contributed by atoms with Crippen LogP contribution in [-0.4, -0.2) is 11.7 Å². The van der Waals surface area contributed by atoms with Crippen molar-refractivity contribution in [1.29, 1.82) is 0 Å². The maximum atomic E-state index is 9.18. The zero-order valence-electron chi connectivity index (χ0n) is 10.7. The Morgan fingerprint density at radius 1 is 1.05 bits per heavy atom. The van der Waals surface area contributed by atoms with E-state index in [9.17, 15) is 5.11 Å². The zero-order valence-corrected chi connectivity index (χ0v) is 11.5. The van der Waals surface area contributed by atoms with E-state index in [2.05, 4.69) is 17.4 Å². The van der Waals surface area contributed by atoms with Gasteiger partial charge in [-0.1, -0.05) is 54.1 Å². The number of aliphatic hydroxyl groups is 1. The van der Waals surface area contributed by atoms with Crippen LogP contribution in [-0.2, 0) is 6.54 Å². The van der Waals surface area contributed by atoms with Crippen LogP contribution in [0, 0.1) is 0 Å². The smallest absolute Gasteiger partial charge is 0.0449 e. The summed E-state index contributed by atoms with van der Waals surface area (Å²) < 4.78 is 0. The molecule has 3 heteroatoms. The topological polar surface area (TPSA) is 32.3 Å². The molecule has 2 aromatic rings. The standard InChI is InChI=1S/C16H18ClNO/c17-15-8-4-5-13(11-15)12-18-16(9-10-19)14-6-2-1-3-7-14/h1-8,11,16,18-19H,9-10,12H2/t16-/m1/s1. The molecule has 0 aromatic heterocycles. The molecule has 0 radical (unpaired) electrons. The molecule has 0 saturated carbocycles. The maximum absolute atomic E-state index is 9.18. The Kier molecular flexibility index (Phi) is 5.40. The van der Waals surface area contributed by atoms with Crippen LogP contribution in [0.25, 0.3) is 0 Å². The lowest BCUT2D eigenvalue weighted by molar-refractivity contribution is 0.265. The quantitative estimate of drug-likeness (QED) is 0.845. The van der Waals surface area contributed by atoms with Gasteiger partial charge in [0.15, 0.2) is 0 Å². The van der Waals surface area contributed by atoms with Gasteiger partial charge in [-0.25, -0.2) is 0 Å². The molecule has 0 aliphatic heterocycles. The van der Waals surface area contributed by atoms with Crippen molar-refractivity contribution in [1.82, 2.24) is 5.32 Å². The lowest BCUT2D eigenvalue weighted by Crippen LogP contribution is -2.21. The average Bonchev–Trinajstić information content (AvgIpc) is 2.44. The Labute approximate surface area is 119 Å². The van der Waals surface area contributed by atoms with Crippen molar-refractivity contribution >= 4 is 11.6 Å². The summed E-state index contributed by atoms with van der Waals surface area (Å²) in [6.07, 6.45) is 0.699. The fourth-order valence-electron chi connectivity index (χ4n) is 2.09. The first-order valence-corrected chi connectivity index (χ1v) is 6.81. The van der Waals surface area contributed by atoms with E-state index < -0.39 is 0 Å². The molecule has 2 aromatic carbocycles. The van der Waals surface area contributed by atoms with Gasteiger partial charge in [-0.2, -0.15) is 0 Å². The minimum atomic E-state index is 0.158. The summed E-state index contributed by atoms with van der Waals surface area (Å²) in [6, 6.07) is 18.1. The predicted octanol–water partition coefficient (Wildman–Crippen LogP) is 3.55. The molecule has 0 heterocycles. The Bertz CT molecular complexity index is 501. The minimum absolute atomic E-state index is 0.158. The molecular weight excluding hydrogens is 258 g/mol. The molecule has 0 saturated heterocycles. The number of aliphatic hydroxyl groups excluding tert-OH is 1. The summed E-state index contributed by atoms with van der Waals surface area (Å²) >= 11 is 5.97. The molecule has 100 valence electrons. The second kappa shape index (κ2) is 7.29. The highest BCUT2D eigenvalue weighted by Gasteiger charge is 2.09. The van der Waals surface area contributed by atoms with Crippen molar-refractivity contribution in [2.45, 2.75) is 19.0 Å². The maximum Gasteiger partial charge on any atom is 0.0449 e. The fourth-order valence-corrected chi connectivity index (χ4v) is 2.30. The molecule has 0 fully saturated rings. The highest BCUT2D eigenvalue weighted by Crippen LogP contribution is 2.17. The van der Waals surface area contributed by atoms with Crippen LogP contribution in [0.3, 0.4) is 0 Å². The second-order valence-corrected chi connectivity index (χ2v) is 4.92. The SMILES string of the molecule is OCC[C@@H](NCc1cccc(Cl)c1)c1ccccc1. The molecule has 2 rings (SSSR count). The van der Waals surface area contributed by atoms with E-state index in [0.29, 0.717) is 6.42 Å². The Balaban J connectivity index is 2.01. The van der Waals surface area contributed by atoms with Crippen LogP contribution in [0.5, 0.6) is 0 Å². The molecule has 0 unspecified atom stereocenters. The van der Waals surface area contributed by atoms with Crippen molar-refractivity contribution in [3.63, 3.8) is 0 Å². The summed E-state index contributed by atoms with van der Waals surface area (Å²) in [5.41, 5.74) is 2.34. The molecule has 2 N–H and O–H groups in total. The third kappa shape index (κ3) is 4.35. The van der Waals surface area contributed by atoms with Crippen LogP contribution in [0.15, 0.2) is 54.6 Å². The third-order valence-corrected chi connectivity index (χ3v) is 3.30. The van der Waals surface area contributed by atoms with Crippen LogP contribution >= 0.6 is 11.6 Å². The van der Waals surface area contributed by atoms with E-state index >= 15 is 0 Å². The Morgan fingerprint density at radius 2 is 1.84 bits per heavy atom. The molecule has 0 amide bonds. The van der Waals surface area contributed by atoms with Crippen LogP contribution in [0.1, 0.15) is 23.6 Å². The lowest BCUT2D eigenvalue weighted by Gasteiger charge is -2.18. The number of hydrogen-bond donors (Lipinski definition) is 2. The number of nitrogens with one attached hydrogen (secondary N) is 1. The van der Waals surface area contributed by atoms with Gasteiger partial charge in [-0.3, -0.25) is 0 Å². The zero-order chi connectivity index (χ0) is 13.5. The Hall–Kier alpha value is -1.35. The molecule has 19 heavy (non-hydrogen) atoms. The average molecular weight is 276 g/mol. The second-order valence-electron chi connectivity index (χ2n) is 4.49. The van der Waals surface area contributed by atoms with Crippen molar-refractivity contribution in [3.8, 4) is 0 Å². The number of benzene rings is 2. The van der Waals surface area contributed by atoms with E-state index in [-0.39, 0.29) is 12.6 Å². The summed E-state index contributed by atoms with van der Waals surface area (Å²) in [5, 5.41) is 13.4. The van der Waals surface area contributed by atoms with Crippen molar-refractivity contribution in [2.24, 2.45) is 0 Å². The fraction of sp³-hybridized carbons (Fsp3) is 0.250. The Morgan fingerprint density at radius 3 is 2.53 bits per heavy atom. The van der Waals surface area contributed by atoms with Gasteiger partial charge in [0, 0.05) is 24.2 Å². The lowest BCUT2D eigenvalue weighted by atomic mass is 10.0. The van der Waals surface area contributed by atoms with Gasteiger partial charge in [0.1, 0.15) is 0 Å². The normalized spacial score (nSPS) is 12.3. The molecule has 0 bridgehead atoms. The number of rotatable bonds is 6. The van der Waals surface area contributed by atoms with Crippen LogP contribution < -0.4 is 5.32 Å². The molecular formula is C16H18ClNO. The third-order valence-electron chi connectivity index (χ3n) is 3.06. The van der Waals surface area contributed by atoms with Gasteiger partial charge in [-0.05, 0) is 29.7 Å². The van der Waals surface area contributed by atoms with Gasteiger partial charge < -0.3 is 10.4 Å². The van der Waals surface area contributed by atoms with Crippen LogP contribution in [0.2, 0.25) is 5.02 Å². The van der Waals surface area contributed by atoms with E-state index in [0.717, 1.165) is 17.1 Å². The van der Waals surface area contributed by atoms with Gasteiger partial charge in [-0.15, -0.1) is 0 Å². The van der Waals surface area contributed by atoms with E-state index in [1.54, 1.807) is 0 Å². The minimum Gasteiger partial charge on any atom is -0.396 e. The van der Waals surface area contributed by atoms with Crippen molar-refractivity contribution < 1.29 is 5.11 Å². The van der Waals surface area contributed by atoms with Crippen molar-refractivity contribution in [3.05, 3.63) is 70.7 Å². The van der Waals surface area contributed by atoms with Gasteiger partial charge in [0.25, 0.3) is 0 Å². The van der Waals surface area contributed by atoms with Crippen molar-refractivity contribution in [2.75, 3.05) is 6.61 Å². The highest BCUT2D eigenvalue weighted by molar-refractivity contribution is 6.30. The molecule has 0 aliphatic carbocycles. The van der Waals surface area contributed by atoms with E-state index in [4.69, 9.17) is 11.6 Å². The first-order valence-electron chi connectivity index (χ1n) is 6.43. The number of hydrogen-bond acceptors (Lipinski definition) is 2. The van der Waals surface area contributed by atoms with E-state index in [1.165, 1.54) is 5.56 Å².